The molecule has 0 aliphatic carbocycles. The van der Waals surface area contributed by atoms with Crippen LogP contribution >= 0.6 is 11.6 Å². The van der Waals surface area contributed by atoms with E-state index >= 15 is 0 Å². The van der Waals surface area contributed by atoms with Crippen molar-refractivity contribution in [3.63, 3.8) is 0 Å². The third-order valence-corrected chi connectivity index (χ3v) is 6.78. The molecule has 3 amide bonds. The molecule has 4 rings (SSSR count). The van der Waals surface area contributed by atoms with E-state index in [1.807, 2.05) is 35.2 Å². The molecular weight excluding hydrogens is 454 g/mol. The second kappa shape index (κ2) is 11.4. The second-order valence-corrected chi connectivity index (χ2v) is 9.35. The number of hydrogen-bond acceptors (Lipinski definition) is 5. The third kappa shape index (κ3) is 6.55. The average molecular weight is 484 g/mol. The normalized spacial score (nSPS) is 17.9. The van der Waals surface area contributed by atoms with E-state index in [2.05, 4.69) is 20.5 Å². The van der Waals surface area contributed by atoms with E-state index in [1.165, 1.54) is 6.20 Å². The number of halogens is 1. The lowest BCUT2D eigenvalue weighted by molar-refractivity contribution is -0.136. The summed E-state index contributed by atoms with van der Waals surface area (Å²) in [6.45, 7) is 2.95. The predicted octanol–water partition coefficient (Wildman–Crippen LogP) is 3.26. The molecule has 8 nitrogen and oxygen atoms in total. The lowest BCUT2D eigenvalue weighted by Gasteiger charge is -2.35. The molecule has 1 aromatic heterocycles. The first-order valence-corrected chi connectivity index (χ1v) is 12.1. The molecule has 2 aliphatic rings. The van der Waals surface area contributed by atoms with E-state index in [4.69, 9.17) is 11.6 Å². The number of pyridine rings is 1. The molecule has 0 saturated carbocycles. The molecule has 2 aliphatic heterocycles. The van der Waals surface area contributed by atoms with Crippen LogP contribution in [0.5, 0.6) is 0 Å². The van der Waals surface area contributed by atoms with Gasteiger partial charge < -0.3 is 15.5 Å². The summed E-state index contributed by atoms with van der Waals surface area (Å²) in [7, 11) is 0. The summed E-state index contributed by atoms with van der Waals surface area (Å²) < 4.78 is 0. The van der Waals surface area contributed by atoms with Gasteiger partial charge in [-0.2, -0.15) is 0 Å². The van der Waals surface area contributed by atoms with Crippen molar-refractivity contribution in [2.75, 3.05) is 43.4 Å². The number of benzene rings is 1. The Morgan fingerprint density at radius 3 is 2.09 bits per heavy atom. The summed E-state index contributed by atoms with van der Waals surface area (Å²) in [5.41, 5.74) is 0.799. The Balaban J connectivity index is 1.16. The maximum absolute atomic E-state index is 12.8. The van der Waals surface area contributed by atoms with Crippen molar-refractivity contribution in [1.82, 2.24) is 14.8 Å². The van der Waals surface area contributed by atoms with Crippen LogP contribution in [0.1, 0.15) is 25.7 Å². The molecule has 1 aromatic carbocycles. The Kier molecular flexibility index (Phi) is 8.13. The fourth-order valence-electron chi connectivity index (χ4n) is 4.48. The number of carbonyl (C=O) groups is 3. The van der Waals surface area contributed by atoms with Gasteiger partial charge in [-0.05, 0) is 63.0 Å². The highest BCUT2D eigenvalue weighted by Gasteiger charge is 2.30. The van der Waals surface area contributed by atoms with Crippen LogP contribution < -0.4 is 10.6 Å². The van der Waals surface area contributed by atoms with Gasteiger partial charge in [0.15, 0.2) is 0 Å². The molecule has 2 aromatic rings. The monoisotopic (exact) mass is 483 g/mol. The van der Waals surface area contributed by atoms with Gasteiger partial charge in [-0.1, -0.05) is 29.8 Å². The van der Waals surface area contributed by atoms with E-state index in [-0.39, 0.29) is 29.6 Å². The lowest BCUT2D eigenvalue weighted by atomic mass is 9.95. The van der Waals surface area contributed by atoms with Crippen molar-refractivity contribution in [3.05, 3.63) is 53.7 Å². The lowest BCUT2D eigenvalue weighted by Crippen LogP contribution is -2.47. The number of anilines is 2. The van der Waals surface area contributed by atoms with Crippen molar-refractivity contribution >= 4 is 40.8 Å². The zero-order valence-corrected chi connectivity index (χ0v) is 19.8. The number of para-hydroxylation sites is 1. The van der Waals surface area contributed by atoms with Crippen LogP contribution in [0.15, 0.2) is 48.7 Å². The van der Waals surface area contributed by atoms with Crippen LogP contribution in [0.2, 0.25) is 5.02 Å². The molecule has 0 spiro atoms. The van der Waals surface area contributed by atoms with Crippen molar-refractivity contribution in [2.24, 2.45) is 11.8 Å². The molecule has 3 heterocycles. The number of piperidine rings is 2. The van der Waals surface area contributed by atoms with Gasteiger partial charge >= 0.3 is 0 Å². The molecule has 0 unspecified atom stereocenters. The van der Waals surface area contributed by atoms with Gasteiger partial charge in [0, 0.05) is 36.8 Å². The maximum atomic E-state index is 12.8. The van der Waals surface area contributed by atoms with Crippen LogP contribution in [-0.2, 0) is 14.4 Å². The zero-order valence-electron chi connectivity index (χ0n) is 19.1. The van der Waals surface area contributed by atoms with E-state index in [0.717, 1.165) is 5.69 Å². The topological polar surface area (TPSA) is 94.6 Å². The summed E-state index contributed by atoms with van der Waals surface area (Å²) >= 11 is 5.83. The number of aromatic nitrogens is 1. The minimum Gasteiger partial charge on any atom is -0.342 e. The van der Waals surface area contributed by atoms with Gasteiger partial charge in [0.25, 0.3) is 0 Å². The standard InChI is InChI=1S/C25H30ClN5O3/c26-20-6-7-22(27-16-20)29-25(34)18-8-12-30(13-9-18)17-23(32)31-14-10-19(11-15-31)24(33)28-21-4-2-1-3-5-21/h1-7,16,18-19H,8-15,17H2,(H,28,33)(H,27,29,34). The molecule has 2 saturated heterocycles. The quantitative estimate of drug-likeness (QED) is 0.657. The summed E-state index contributed by atoms with van der Waals surface area (Å²) in [5.74, 6) is 0.392. The van der Waals surface area contributed by atoms with Crippen LogP contribution in [-0.4, -0.2) is 65.2 Å². The molecule has 180 valence electrons. The maximum Gasteiger partial charge on any atom is 0.236 e. The Bertz CT molecular complexity index is 985. The fourth-order valence-corrected chi connectivity index (χ4v) is 4.59. The van der Waals surface area contributed by atoms with Crippen molar-refractivity contribution in [1.29, 1.82) is 0 Å². The minimum atomic E-state index is -0.0947. The molecule has 2 N–H and O–H groups in total. The number of nitrogens with zero attached hydrogens (tertiary/aromatic N) is 3. The molecule has 34 heavy (non-hydrogen) atoms. The highest BCUT2D eigenvalue weighted by atomic mass is 35.5. The molecule has 0 radical (unpaired) electrons. The van der Waals surface area contributed by atoms with E-state index in [9.17, 15) is 14.4 Å². The molecule has 9 heteroatoms. The summed E-state index contributed by atoms with van der Waals surface area (Å²) in [5, 5.41) is 6.32. The van der Waals surface area contributed by atoms with Gasteiger partial charge in [0.2, 0.25) is 17.7 Å². The Labute approximate surface area is 204 Å². The number of likely N-dealkylation sites (tertiary alicyclic amines) is 2. The molecular formula is C25H30ClN5O3. The van der Waals surface area contributed by atoms with Gasteiger partial charge in [-0.25, -0.2) is 4.98 Å². The first-order chi connectivity index (χ1) is 16.5. The summed E-state index contributed by atoms with van der Waals surface area (Å²) in [4.78, 5) is 45.9. The molecule has 0 atom stereocenters. The van der Waals surface area contributed by atoms with Crippen LogP contribution in [0.4, 0.5) is 11.5 Å². The Hall–Kier alpha value is -2.97. The van der Waals surface area contributed by atoms with Crippen molar-refractivity contribution in [2.45, 2.75) is 25.7 Å². The first kappa shape index (κ1) is 24.2. The minimum absolute atomic E-state index is 0.0208. The van der Waals surface area contributed by atoms with E-state index in [1.54, 1.807) is 12.1 Å². The fraction of sp³-hybridized carbons (Fsp3) is 0.440. The predicted molar refractivity (Wildman–Crippen MR) is 131 cm³/mol. The number of rotatable bonds is 6. The Morgan fingerprint density at radius 1 is 0.853 bits per heavy atom. The summed E-state index contributed by atoms with van der Waals surface area (Å²) in [6, 6.07) is 12.8. The van der Waals surface area contributed by atoms with Crippen molar-refractivity contribution in [3.8, 4) is 0 Å². The highest BCUT2D eigenvalue weighted by Crippen LogP contribution is 2.22. The number of hydrogen-bond donors (Lipinski definition) is 2. The number of carbonyl (C=O) groups excluding carboxylic acids is 3. The van der Waals surface area contributed by atoms with Crippen LogP contribution in [0.3, 0.4) is 0 Å². The zero-order chi connectivity index (χ0) is 23.9. The van der Waals surface area contributed by atoms with Gasteiger partial charge in [0.1, 0.15) is 5.82 Å². The van der Waals surface area contributed by atoms with Crippen LogP contribution in [0.25, 0.3) is 0 Å². The van der Waals surface area contributed by atoms with E-state index < -0.39 is 0 Å². The first-order valence-electron chi connectivity index (χ1n) is 11.8. The SMILES string of the molecule is O=C(Nc1ccccc1)C1CCN(C(=O)CN2CCC(C(=O)Nc3ccc(Cl)cn3)CC2)CC1. The Morgan fingerprint density at radius 2 is 1.47 bits per heavy atom. The van der Waals surface area contributed by atoms with E-state index in [0.29, 0.717) is 69.2 Å². The largest absolute Gasteiger partial charge is 0.342 e. The number of nitrogens with one attached hydrogen (secondary N) is 2. The third-order valence-electron chi connectivity index (χ3n) is 6.56. The van der Waals surface area contributed by atoms with Crippen molar-refractivity contribution < 1.29 is 14.4 Å². The van der Waals surface area contributed by atoms with Crippen LogP contribution in [0, 0.1) is 11.8 Å². The molecule has 2 fully saturated rings. The van der Waals surface area contributed by atoms with Gasteiger partial charge in [0.05, 0.1) is 11.6 Å². The highest BCUT2D eigenvalue weighted by molar-refractivity contribution is 6.30. The van der Waals surface area contributed by atoms with Gasteiger partial charge in [-0.15, -0.1) is 0 Å². The second-order valence-electron chi connectivity index (χ2n) is 8.91. The molecule has 0 bridgehead atoms. The number of amides is 3. The smallest absolute Gasteiger partial charge is 0.236 e. The average Bonchev–Trinajstić information content (AvgIpc) is 2.86. The summed E-state index contributed by atoms with van der Waals surface area (Å²) in [6.07, 6.45) is 4.25. The van der Waals surface area contributed by atoms with Gasteiger partial charge in [-0.3, -0.25) is 19.3 Å².